The van der Waals surface area contributed by atoms with E-state index in [2.05, 4.69) is 10.4 Å². The van der Waals surface area contributed by atoms with Crippen LogP contribution in [0.25, 0.3) is 0 Å². The molecule has 21 heavy (non-hydrogen) atoms. The summed E-state index contributed by atoms with van der Waals surface area (Å²) in [6, 6.07) is 1.94. The number of aromatic nitrogens is 1. The van der Waals surface area contributed by atoms with Crippen molar-refractivity contribution in [2.24, 2.45) is 5.84 Å². The Kier molecular flexibility index (Phi) is 5.56. The van der Waals surface area contributed by atoms with E-state index in [0.717, 1.165) is 24.2 Å². The maximum Gasteiger partial charge on any atom is 0.138 e. The Morgan fingerprint density at radius 2 is 2.05 bits per heavy atom. The first-order chi connectivity index (χ1) is 10.1. The second-order valence-corrected chi connectivity index (χ2v) is 5.93. The van der Waals surface area contributed by atoms with Gasteiger partial charge < -0.3 is 9.47 Å². The van der Waals surface area contributed by atoms with Crippen LogP contribution in [0.3, 0.4) is 0 Å². The molecule has 1 unspecified atom stereocenters. The topological polar surface area (TPSA) is 69.4 Å². The van der Waals surface area contributed by atoms with Crippen molar-refractivity contribution in [3.8, 4) is 5.75 Å². The summed E-state index contributed by atoms with van der Waals surface area (Å²) in [4.78, 5) is 4.29. The zero-order valence-electron chi connectivity index (χ0n) is 13.3. The van der Waals surface area contributed by atoms with Crippen LogP contribution in [0.15, 0.2) is 18.5 Å². The van der Waals surface area contributed by atoms with E-state index in [-0.39, 0.29) is 17.7 Å². The molecule has 1 aliphatic carbocycles. The minimum atomic E-state index is -0.234. The van der Waals surface area contributed by atoms with Crippen LogP contribution in [0.1, 0.15) is 58.1 Å². The number of nitrogens with two attached hydrogens (primary N) is 1. The van der Waals surface area contributed by atoms with Crippen molar-refractivity contribution in [1.29, 1.82) is 0 Å². The molecule has 1 aromatic heterocycles. The van der Waals surface area contributed by atoms with Gasteiger partial charge in [0.15, 0.2) is 0 Å². The van der Waals surface area contributed by atoms with Crippen LogP contribution in [-0.2, 0) is 4.74 Å². The number of nitrogens with zero attached hydrogens (tertiary/aromatic N) is 1. The van der Waals surface area contributed by atoms with Gasteiger partial charge in [-0.1, -0.05) is 12.8 Å². The van der Waals surface area contributed by atoms with Crippen LogP contribution in [0, 0.1) is 0 Å². The van der Waals surface area contributed by atoms with Gasteiger partial charge in [-0.3, -0.25) is 16.3 Å². The zero-order valence-corrected chi connectivity index (χ0v) is 13.3. The lowest BCUT2D eigenvalue weighted by atomic mass is 9.87. The third kappa shape index (κ3) is 3.73. The quantitative estimate of drug-likeness (QED) is 0.597. The molecule has 5 nitrogen and oxygen atoms in total. The summed E-state index contributed by atoms with van der Waals surface area (Å²) in [5.41, 5.74) is 3.73. The number of ether oxygens (including phenoxy) is 2. The number of hydrogen-bond donors (Lipinski definition) is 2. The molecule has 0 bridgehead atoms. The number of nitrogens with one attached hydrogen (secondary N) is 1. The number of hydrazine groups is 1. The van der Waals surface area contributed by atoms with Crippen molar-refractivity contribution >= 4 is 0 Å². The smallest absolute Gasteiger partial charge is 0.138 e. The molecule has 5 heteroatoms. The summed E-state index contributed by atoms with van der Waals surface area (Å²) in [5.74, 6) is 6.62. The molecule has 1 aliphatic rings. The molecule has 0 radical (unpaired) electrons. The second kappa shape index (κ2) is 7.20. The lowest BCUT2D eigenvalue weighted by Gasteiger charge is -2.37. The first-order valence-corrected chi connectivity index (χ1v) is 7.83. The average Bonchev–Trinajstić information content (AvgIpc) is 2.89. The van der Waals surface area contributed by atoms with Crippen molar-refractivity contribution in [3.63, 3.8) is 0 Å². The maximum absolute atomic E-state index is 6.11. The molecule has 1 aromatic rings. The van der Waals surface area contributed by atoms with Crippen molar-refractivity contribution in [1.82, 2.24) is 10.4 Å². The third-order valence-corrected chi connectivity index (χ3v) is 4.01. The predicted molar refractivity (Wildman–Crippen MR) is 82.9 cm³/mol. The second-order valence-electron chi connectivity index (χ2n) is 5.93. The Balaban J connectivity index is 2.27. The summed E-state index contributed by atoms with van der Waals surface area (Å²) in [5, 5.41) is 0. The van der Waals surface area contributed by atoms with Gasteiger partial charge in [0.05, 0.1) is 23.9 Å². The molecule has 0 saturated heterocycles. The average molecular weight is 293 g/mol. The lowest BCUT2D eigenvalue weighted by molar-refractivity contribution is -0.0628. The Bertz CT molecular complexity index is 445. The molecular formula is C16H27N3O2. The van der Waals surface area contributed by atoms with E-state index in [1.807, 2.05) is 33.0 Å². The van der Waals surface area contributed by atoms with Crippen molar-refractivity contribution in [3.05, 3.63) is 24.0 Å². The highest BCUT2D eigenvalue weighted by molar-refractivity contribution is 5.28. The summed E-state index contributed by atoms with van der Waals surface area (Å²) in [6.45, 7) is 6.73. The lowest BCUT2D eigenvalue weighted by Crippen LogP contribution is -2.47. The molecule has 1 heterocycles. The standard InChI is InChI=1S/C16H27N3O2/c1-4-20-16(7-5-6-8-16)15(19-17)13-9-14(11-18-10-13)21-12(2)3/h9-12,15,19H,4-8,17H2,1-3H3. The van der Waals surface area contributed by atoms with E-state index < -0.39 is 0 Å². The third-order valence-electron chi connectivity index (χ3n) is 4.01. The van der Waals surface area contributed by atoms with Gasteiger partial charge in [0.1, 0.15) is 5.75 Å². The van der Waals surface area contributed by atoms with Crippen LogP contribution < -0.4 is 16.0 Å². The van der Waals surface area contributed by atoms with Gasteiger partial charge in [-0.25, -0.2) is 0 Å². The summed E-state index contributed by atoms with van der Waals surface area (Å²) < 4.78 is 11.8. The fraction of sp³-hybridized carbons (Fsp3) is 0.688. The first kappa shape index (κ1) is 16.2. The van der Waals surface area contributed by atoms with Gasteiger partial charge in [0.25, 0.3) is 0 Å². The number of pyridine rings is 1. The number of hydrogen-bond acceptors (Lipinski definition) is 5. The maximum atomic E-state index is 6.11. The van der Waals surface area contributed by atoms with Gasteiger partial charge in [-0.05, 0) is 45.2 Å². The Morgan fingerprint density at radius 3 is 2.62 bits per heavy atom. The Morgan fingerprint density at radius 1 is 1.33 bits per heavy atom. The van der Waals surface area contributed by atoms with E-state index in [1.54, 1.807) is 6.20 Å². The van der Waals surface area contributed by atoms with Crippen molar-refractivity contribution in [2.45, 2.75) is 64.2 Å². The first-order valence-electron chi connectivity index (χ1n) is 7.83. The van der Waals surface area contributed by atoms with E-state index in [1.165, 1.54) is 12.8 Å². The summed E-state index contributed by atoms with van der Waals surface area (Å²) in [6.07, 6.45) is 8.09. The monoisotopic (exact) mass is 293 g/mol. The van der Waals surface area contributed by atoms with Gasteiger partial charge in [0.2, 0.25) is 0 Å². The van der Waals surface area contributed by atoms with Gasteiger partial charge in [0, 0.05) is 12.8 Å². The molecule has 1 saturated carbocycles. The Labute approximate surface area is 127 Å². The van der Waals surface area contributed by atoms with Gasteiger partial charge in [-0.15, -0.1) is 0 Å². The molecular weight excluding hydrogens is 266 g/mol. The van der Waals surface area contributed by atoms with Gasteiger partial charge >= 0.3 is 0 Å². The van der Waals surface area contributed by atoms with Crippen LogP contribution in [0.2, 0.25) is 0 Å². The molecule has 118 valence electrons. The van der Waals surface area contributed by atoms with Crippen LogP contribution in [-0.4, -0.2) is 23.3 Å². The molecule has 0 aliphatic heterocycles. The largest absolute Gasteiger partial charge is 0.489 e. The van der Waals surface area contributed by atoms with E-state index in [4.69, 9.17) is 15.3 Å². The summed E-state index contributed by atoms with van der Waals surface area (Å²) >= 11 is 0. The normalized spacial score (nSPS) is 18.9. The molecule has 1 fully saturated rings. The molecule has 3 N–H and O–H groups in total. The molecule has 0 amide bonds. The highest BCUT2D eigenvalue weighted by Gasteiger charge is 2.42. The molecule has 0 aromatic carbocycles. The fourth-order valence-electron chi connectivity index (χ4n) is 3.26. The highest BCUT2D eigenvalue weighted by atomic mass is 16.5. The van der Waals surface area contributed by atoms with Crippen LogP contribution in [0.4, 0.5) is 0 Å². The van der Waals surface area contributed by atoms with Crippen molar-refractivity contribution in [2.75, 3.05) is 6.61 Å². The SMILES string of the molecule is CCOC1(C(NN)c2cncc(OC(C)C)c2)CCCC1. The highest BCUT2D eigenvalue weighted by Crippen LogP contribution is 2.43. The van der Waals surface area contributed by atoms with Crippen molar-refractivity contribution < 1.29 is 9.47 Å². The molecule has 1 atom stereocenters. The summed E-state index contributed by atoms with van der Waals surface area (Å²) in [7, 11) is 0. The fourth-order valence-corrected chi connectivity index (χ4v) is 3.26. The zero-order chi connectivity index (χ0) is 15.3. The molecule has 2 rings (SSSR count). The number of rotatable bonds is 7. The minimum absolute atomic E-state index is 0.0665. The van der Waals surface area contributed by atoms with Crippen LogP contribution >= 0.6 is 0 Å². The van der Waals surface area contributed by atoms with Crippen LogP contribution in [0.5, 0.6) is 5.75 Å². The van der Waals surface area contributed by atoms with E-state index in [0.29, 0.717) is 6.61 Å². The minimum Gasteiger partial charge on any atom is -0.489 e. The molecule has 0 spiro atoms. The predicted octanol–water partition coefficient (Wildman–Crippen LogP) is 2.72. The van der Waals surface area contributed by atoms with E-state index >= 15 is 0 Å². The van der Waals surface area contributed by atoms with E-state index in [9.17, 15) is 0 Å². The van der Waals surface area contributed by atoms with Gasteiger partial charge in [-0.2, -0.15) is 0 Å². The Hall–Kier alpha value is -1.17.